The van der Waals surface area contributed by atoms with Crippen LogP contribution in [0, 0.1) is 46.3 Å². The van der Waals surface area contributed by atoms with Gasteiger partial charge in [-0.25, -0.2) is 0 Å². The molecule has 0 N–H and O–H groups in total. The van der Waals surface area contributed by atoms with E-state index >= 15 is 0 Å². The Bertz CT molecular complexity index is 343. The summed E-state index contributed by atoms with van der Waals surface area (Å²) < 4.78 is 0. The second-order valence-corrected chi connectivity index (χ2v) is 7.20. The van der Waals surface area contributed by atoms with E-state index in [0.717, 1.165) is 29.6 Å². The summed E-state index contributed by atoms with van der Waals surface area (Å²) in [6, 6.07) is 2.38. The lowest BCUT2D eigenvalue weighted by Gasteiger charge is -2.53. The molecular weight excluding hydrogens is 206 g/mol. The minimum absolute atomic E-state index is 0.283. The van der Waals surface area contributed by atoms with E-state index < -0.39 is 0 Å². The van der Waals surface area contributed by atoms with Crippen LogP contribution in [0.5, 0.6) is 0 Å². The van der Waals surface area contributed by atoms with Crippen molar-refractivity contribution in [3.8, 4) is 6.07 Å². The van der Waals surface area contributed by atoms with Crippen molar-refractivity contribution in [3.05, 3.63) is 12.2 Å². The average Bonchev–Trinajstić information content (AvgIpc) is 2.27. The molecule has 92 valence electrons. The summed E-state index contributed by atoms with van der Waals surface area (Å²) in [5, 5.41) is 9.07. The summed E-state index contributed by atoms with van der Waals surface area (Å²) in [5.41, 5.74) is -0.283. The van der Waals surface area contributed by atoms with Gasteiger partial charge < -0.3 is 0 Å². The fraction of sp³-hybridized carbons (Fsp3) is 0.812. The van der Waals surface area contributed by atoms with E-state index in [2.05, 4.69) is 18.2 Å². The quantitative estimate of drug-likeness (QED) is 0.652. The zero-order valence-electron chi connectivity index (χ0n) is 11.0. The first-order valence-electron chi connectivity index (χ1n) is 7.18. The summed E-state index contributed by atoms with van der Waals surface area (Å²) in [5.74, 6) is 4.77. The molecule has 4 saturated carbocycles. The van der Waals surface area contributed by atoms with Crippen LogP contribution in [0.1, 0.15) is 46.0 Å². The van der Waals surface area contributed by atoms with Crippen molar-refractivity contribution in [2.45, 2.75) is 46.0 Å². The molecule has 4 fully saturated rings. The number of nitrogens with zero attached hydrogens (tertiary/aromatic N) is 1. The smallest absolute Gasteiger partial charge is 0.0725 e. The van der Waals surface area contributed by atoms with Gasteiger partial charge >= 0.3 is 0 Å². The summed E-state index contributed by atoms with van der Waals surface area (Å²) in [4.78, 5) is 0. The summed E-state index contributed by atoms with van der Waals surface area (Å²) in [6.07, 6.45) is 12.0. The van der Waals surface area contributed by atoms with Crippen molar-refractivity contribution < 1.29 is 0 Å². The van der Waals surface area contributed by atoms with Crippen molar-refractivity contribution in [2.24, 2.45) is 35.0 Å². The van der Waals surface area contributed by atoms with E-state index in [1.54, 1.807) is 0 Å². The maximum atomic E-state index is 9.07. The summed E-state index contributed by atoms with van der Waals surface area (Å²) in [6.45, 7) is 4.03. The third-order valence-electron chi connectivity index (χ3n) is 5.32. The minimum Gasteiger partial charge on any atom is -0.197 e. The van der Waals surface area contributed by atoms with Crippen molar-refractivity contribution in [2.75, 3.05) is 0 Å². The highest BCUT2D eigenvalue weighted by Crippen LogP contribution is 2.56. The molecular formula is C16H23N. The Kier molecular flexibility index (Phi) is 2.58. The molecule has 0 aromatic carbocycles. The van der Waals surface area contributed by atoms with Crippen LogP contribution >= 0.6 is 0 Å². The summed E-state index contributed by atoms with van der Waals surface area (Å²) in [7, 11) is 0. The maximum Gasteiger partial charge on any atom is 0.0725 e. The van der Waals surface area contributed by atoms with Crippen molar-refractivity contribution in [1.82, 2.24) is 0 Å². The van der Waals surface area contributed by atoms with Gasteiger partial charge in [0.2, 0.25) is 0 Å². The Labute approximate surface area is 105 Å². The number of allylic oxidation sites excluding steroid dienone is 2. The van der Waals surface area contributed by atoms with Crippen LogP contribution in [0.2, 0.25) is 0 Å². The van der Waals surface area contributed by atoms with E-state index in [-0.39, 0.29) is 5.41 Å². The second kappa shape index (κ2) is 3.87. The number of hydrogen-bond acceptors (Lipinski definition) is 1. The topological polar surface area (TPSA) is 23.8 Å². The number of nitriles is 1. The molecule has 0 aliphatic heterocycles. The van der Waals surface area contributed by atoms with E-state index in [4.69, 9.17) is 5.26 Å². The first-order valence-corrected chi connectivity index (χ1v) is 7.18. The molecule has 0 heterocycles. The highest BCUT2D eigenvalue weighted by Gasteiger charge is 2.47. The van der Waals surface area contributed by atoms with Crippen molar-refractivity contribution in [3.63, 3.8) is 0 Å². The van der Waals surface area contributed by atoms with Crippen molar-refractivity contribution >= 4 is 0 Å². The van der Waals surface area contributed by atoms with Crippen LogP contribution < -0.4 is 0 Å². The van der Waals surface area contributed by atoms with Crippen molar-refractivity contribution in [1.29, 1.82) is 5.26 Å². The predicted molar refractivity (Wildman–Crippen MR) is 69.1 cm³/mol. The van der Waals surface area contributed by atoms with E-state index in [1.807, 2.05) is 13.8 Å². The van der Waals surface area contributed by atoms with Gasteiger partial charge in [-0.05, 0) is 75.5 Å². The van der Waals surface area contributed by atoms with Crippen LogP contribution in [0.3, 0.4) is 0 Å². The lowest BCUT2D eigenvalue weighted by Crippen LogP contribution is -2.44. The van der Waals surface area contributed by atoms with Gasteiger partial charge in [0.25, 0.3) is 0 Å². The van der Waals surface area contributed by atoms with Crippen LogP contribution in [-0.4, -0.2) is 0 Å². The third-order valence-corrected chi connectivity index (χ3v) is 5.32. The van der Waals surface area contributed by atoms with Crippen LogP contribution in [0.25, 0.3) is 0 Å². The molecule has 0 atom stereocenters. The Morgan fingerprint density at radius 2 is 1.53 bits per heavy atom. The molecule has 0 radical (unpaired) electrons. The van der Waals surface area contributed by atoms with Gasteiger partial charge in [0.15, 0.2) is 0 Å². The van der Waals surface area contributed by atoms with Gasteiger partial charge in [0, 0.05) is 0 Å². The number of rotatable bonds is 2. The van der Waals surface area contributed by atoms with Gasteiger partial charge in [-0.1, -0.05) is 12.2 Å². The fourth-order valence-electron chi connectivity index (χ4n) is 4.67. The minimum atomic E-state index is -0.283. The average molecular weight is 229 g/mol. The van der Waals surface area contributed by atoms with Gasteiger partial charge in [0.05, 0.1) is 11.5 Å². The highest BCUT2D eigenvalue weighted by atomic mass is 14.5. The largest absolute Gasteiger partial charge is 0.197 e. The number of hydrogen-bond donors (Lipinski definition) is 0. The Balaban J connectivity index is 1.75. The van der Waals surface area contributed by atoms with E-state index in [1.165, 1.54) is 32.1 Å². The summed E-state index contributed by atoms with van der Waals surface area (Å²) >= 11 is 0. The molecule has 4 aliphatic rings. The molecule has 1 nitrogen and oxygen atoms in total. The molecule has 0 amide bonds. The SMILES string of the molecule is CC(C)(C#N)/C=C/C1C2CC3CC(C2)CC1C3. The molecule has 0 unspecified atom stereocenters. The van der Waals surface area contributed by atoms with E-state index in [9.17, 15) is 0 Å². The lowest BCUT2D eigenvalue weighted by atomic mass is 9.52. The van der Waals surface area contributed by atoms with Gasteiger partial charge in [-0.2, -0.15) is 5.26 Å². The molecule has 17 heavy (non-hydrogen) atoms. The maximum absolute atomic E-state index is 9.07. The predicted octanol–water partition coefficient (Wildman–Crippen LogP) is 4.16. The fourth-order valence-corrected chi connectivity index (χ4v) is 4.67. The third kappa shape index (κ3) is 2.03. The molecule has 1 heteroatoms. The highest BCUT2D eigenvalue weighted by molar-refractivity contribution is 5.12. The van der Waals surface area contributed by atoms with Gasteiger partial charge in [0.1, 0.15) is 0 Å². The molecule has 0 aromatic rings. The van der Waals surface area contributed by atoms with Crippen LogP contribution in [0.4, 0.5) is 0 Å². The molecule has 0 spiro atoms. The van der Waals surface area contributed by atoms with Crippen LogP contribution in [-0.2, 0) is 0 Å². The molecule has 0 aromatic heterocycles. The van der Waals surface area contributed by atoms with Gasteiger partial charge in [-0.15, -0.1) is 0 Å². The zero-order chi connectivity index (χ0) is 12.0. The zero-order valence-corrected chi connectivity index (χ0v) is 11.0. The molecule has 4 aliphatic carbocycles. The normalized spacial score (nSPS) is 44.2. The first kappa shape index (κ1) is 11.3. The first-order chi connectivity index (χ1) is 8.07. The monoisotopic (exact) mass is 229 g/mol. The Morgan fingerprint density at radius 3 is 2.00 bits per heavy atom. The second-order valence-electron chi connectivity index (χ2n) is 7.20. The van der Waals surface area contributed by atoms with Crippen LogP contribution in [0.15, 0.2) is 12.2 Å². The Hall–Kier alpha value is -0.770. The lowest BCUT2D eigenvalue weighted by molar-refractivity contribution is -0.0163. The van der Waals surface area contributed by atoms with E-state index in [0.29, 0.717) is 0 Å². The molecule has 4 bridgehead atoms. The Morgan fingerprint density at radius 1 is 1.00 bits per heavy atom. The van der Waals surface area contributed by atoms with Gasteiger partial charge in [-0.3, -0.25) is 0 Å². The molecule has 4 rings (SSSR count). The standard InChI is InChI=1S/C16H23N/c1-16(2,10-17)4-3-15-13-6-11-5-12(8-13)9-14(15)7-11/h3-4,11-15H,5-9H2,1-2H3/b4-3+. The molecule has 0 saturated heterocycles.